The van der Waals surface area contributed by atoms with Gasteiger partial charge in [0.2, 0.25) is 0 Å². The molecule has 0 radical (unpaired) electrons. The highest BCUT2D eigenvalue weighted by Gasteiger charge is 2.08. The molecule has 0 atom stereocenters. The molecule has 0 aromatic heterocycles. The number of benzene rings is 1. The first-order valence-corrected chi connectivity index (χ1v) is 7.46. The zero-order valence-corrected chi connectivity index (χ0v) is 12.4. The minimum atomic E-state index is 0.186. The Balaban J connectivity index is 2.48. The summed E-state index contributed by atoms with van der Waals surface area (Å²) >= 11 is 1.96. The molecular formula is C15H25NS. The van der Waals surface area contributed by atoms with Gasteiger partial charge in [0, 0.05) is 17.0 Å². The molecule has 0 heterocycles. The van der Waals surface area contributed by atoms with E-state index in [-0.39, 0.29) is 5.54 Å². The summed E-state index contributed by atoms with van der Waals surface area (Å²) in [5.41, 5.74) is 1.56. The van der Waals surface area contributed by atoms with E-state index in [1.165, 1.54) is 29.1 Å². The van der Waals surface area contributed by atoms with Crippen LogP contribution in [-0.4, -0.2) is 11.3 Å². The van der Waals surface area contributed by atoms with Crippen molar-refractivity contribution in [2.24, 2.45) is 0 Å². The fourth-order valence-corrected chi connectivity index (χ4v) is 2.53. The van der Waals surface area contributed by atoms with Crippen LogP contribution < -0.4 is 5.32 Å². The maximum absolute atomic E-state index is 3.52. The first kappa shape index (κ1) is 14.6. The summed E-state index contributed by atoms with van der Waals surface area (Å²) in [7, 11) is 0. The van der Waals surface area contributed by atoms with Gasteiger partial charge in [-0.3, -0.25) is 0 Å². The predicted octanol–water partition coefficient (Wildman–Crippen LogP) is 4.47. The Kier molecular flexibility index (Phi) is 6.07. The maximum atomic E-state index is 3.52. The summed E-state index contributed by atoms with van der Waals surface area (Å²) in [4.78, 5) is 1.40. The molecule has 0 amide bonds. The van der Waals surface area contributed by atoms with Crippen molar-refractivity contribution >= 4 is 11.8 Å². The molecule has 0 spiro atoms. The Morgan fingerprint density at radius 1 is 1.24 bits per heavy atom. The van der Waals surface area contributed by atoms with Gasteiger partial charge in [-0.2, -0.15) is 0 Å². The highest BCUT2D eigenvalue weighted by atomic mass is 32.2. The number of hydrogen-bond acceptors (Lipinski definition) is 2. The second-order valence-electron chi connectivity index (χ2n) is 5.45. The van der Waals surface area contributed by atoms with E-state index >= 15 is 0 Å². The van der Waals surface area contributed by atoms with E-state index in [9.17, 15) is 0 Å². The van der Waals surface area contributed by atoms with Crippen LogP contribution in [0.1, 0.15) is 46.1 Å². The molecule has 0 fully saturated rings. The molecule has 1 aromatic carbocycles. The minimum absolute atomic E-state index is 0.186. The Labute approximate surface area is 110 Å². The molecule has 0 aliphatic heterocycles. The first-order chi connectivity index (χ1) is 8.01. The zero-order valence-electron chi connectivity index (χ0n) is 11.5. The van der Waals surface area contributed by atoms with E-state index in [1.807, 2.05) is 11.8 Å². The van der Waals surface area contributed by atoms with Crippen molar-refractivity contribution < 1.29 is 0 Å². The van der Waals surface area contributed by atoms with Crippen LogP contribution in [0.15, 0.2) is 29.2 Å². The summed E-state index contributed by atoms with van der Waals surface area (Å²) < 4.78 is 0. The molecule has 96 valence electrons. The van der Waals surface area contributed by atoms with E-state index in [4.69, 9.17) is 0 Å². The van der Waals surface area contributed by atoms with Gasteiger partial charge in [0.25, 0.3) is 0 Å². The number of nitrogens with one attached hydrogen (secondary N) is 1. The third-order valence-electron chi connectivity index (χ3n) is 2.49. The molecule has 0 aliphatic carbocycles. The normalized spacial score (nSPS) is 11.8. The molecule has 0 bridgehead atoms. The fourth-order valence-electron chi connectivity index (χ4n) is 1.45. The molecule has 17 heavy (non-hydrogen) atoms. The number of rotatable bonds is 6. The Hall–Kier alpha value is -0.470. The lowest BCUT2D eigenvalue weighted by atomic mass is 10.1. The summed E-state index contributed by atoms with van der Waals surface area (Å²) in [6, 6.07) is 8.87. The molecule has 2 heteroatoms. The van der Waals surface area contributed by atoms with Crippen LogP contribution in [-0.2, 0) is 6.54 Å². The van der Waals surface area contributed by atoms with E-state index in [2.05, 4.69) is 57.3 Å². The van der Waals surface area contributed by atoms with Crippen molar-refractivity contribution in [3.8, 4) is 0 Å². The van der Waals surface area contributed by atoms with Crippen LogP contribution in [0.4, 0.5) is 0 Å². The smallest absolute Gasteiger partial charge is 0.0210 e. The van der Waals surface area contributed by atoms with Crippen LogP contribution in [0.3, 0.4) is 0 Å². The summed E-state index contributed by atoms with van der Waals surface area (Å²) in [5.74, 6) is 1.23. The molecule has 1 N–H and O–H groups in total. The van der Waals surface area contributed by atoms with E-state index in [0.29, 0.717) is 0 Å². The quantitative estimate of drug-likeness (QED) is 0.591. The van der Waals surface area contributed by atoms with Gasteiger partial charge in [-0.1, -0.05) is 25.5 Å². The average molecular weight is 251 g/mol. The fraction of sp³-hybridized carbons (Fsp3) is 0.600. The molecule has 0 saturated heterocycles. The van der Waals surface area contributed by atoms with Crippen LogP contribution >= 0.6 is 11.8 Å². The highest BCUT2D eigenvalue weighted by Crippen LogP contribution is 2.20. The number of unbranched alkanes of at least 4 members (excludes halogenated alkanes) is 1. The second-order valence-corrected chi connectivity index (χ2v) is 6.62. The molecule has 1 rings (SSSR count). The van der Waals surface area contributed by atoms with E-state index < -0.39 is 0 Å². The van der Waals surface area contributed by atoms with Crippen molar-refractivity contribution in [2.75, 3.05) is 5.75 Å². The summed E-state index contributed by atoms with van der Waals surface area (Å²) in [6.45, 7) is 9.79. The van der Waals surface area contributed by atoms with Gasteiger partial charge in [0.05, 0.1) is 0 Å². The predicted molar refractivity (Wildman–Crippen MR) is 78.7 cm³/mol. The zero-order chi connectivity index (χ0) is 12.7. The number of thioether (sulfide) groups is 1. The Morgan fingerprint density at radius 3 is 2.65 bits per heavy atom. The average Bonchev–Trinajstić information content (AvgIpc) is 2.27. The SMILES string of the molecule is CCCCSc1cccc(CNC(C)(C)C)c1. The van der Waals surface area contributed by atoms with Gasteiger partial charge in [-0.25, -0.2) is 0 Å². The Morgan fingerprint density at radius 2 is 2.00 bits per heavy atom. The van der Waals surface area contributed by atoms with Crippen LogP contribution in [0, 0.1) is 0 Å². The highest BCUT2D eigenvalue weighted by molar-refractivity contribution is 7.99. The third-order valence-corrected chi connectivity index (χ3v) is 3.57. The number of hydrogen-bond donors (Lipinski definition) is 1. The maximum Gasteiger partial charge on any atom is 0.0210 e. The Bertz CT molecular complexity index is 328. The largest absolute Gasteiger partial charge is 0.308 e. The second kappa shape index (κ2) is 7.07. The van der Waals surface area contributed by atoms with Gasteiger partial charge in [0.15, 0.2) is 0 Å². The first-order valence-electron chi connectivity index (χ1n) is 6.48. The van der Waals surface area contributed by atoms with Gasteiger partial charge < -0.3 is 5.32 Å². The van der Waals surface area contributed by atoms with Crippen LogP contribution in [0.2, 0.25) is 0 Å². The topological polar surface area (TPSA) is 12.0 Å². The standard InChI is InChI=1S/C15H25NS/c1-5-6-10-17-14-9-7-8-13(11-14)12-16-15(2,3)4/h7-9,11,16H,5-6,10,12H2,1-4H3. The van der Waals surface area contributed by atoms with Gasteiger partial charge in [-0.15, -0.1) is 11.8 Å². The molecule has 0 unspecified atom stereocenters. The van der Waals surface area contributed by atoms with Crippen molar-refractivity contribution in [3.63, 3.8) is 0 Å². The van der Waals surface area contributed by atoms with Crippen LogP contribution in [0.5, 0.6) is 0 Å². The lowest BCUT2D eigenvalue weighted by Gasteiger charge is -2.20. The lowest BCUT2D eigenvalue weighted by molar-refractivity contribution is 0.424. The molecule has 1 nitrogen and oxygen atoms in total. The van der Waals surface area contributed by atoms with E-state index in [1.54, 1.807) is 0 Å². The summed E-state index contributed by atoms with van der Waals surface area (Å²) in [5, 5.41) is 3.52. The van der Waals surface area contributed by atoms with Crippen molar-refractivity contribution in [3.05, 3.63) is 29.8 Å². The molecule has 0 aliphatic rings. The molecule has 1 aromatic rings. The molecular weight excluding hydrogens is 226 g/mol. The minimum Gasteiger partial charge on any atom is -0.308 e. The van der Waals surface area contributed by atoms with Gasteiger partial charge >= 0.3 is 0 Å². The van der Waals surface area contributed by atoms with Crippen molar-refractivity contribution in [1.82, 2.24) is 5.32 Å². The monoisotopic (exact) mass is 251 g/mol. The van der Waals surface area contributed by atoms with Crippen molar-refractivity contribution in [2.45, 2.75) is 57.5 Å². The third kappa shape index (κ3) is 6.75. The summed E-state index contributed by atoms with van der Waals surface area (Å²) in [6.07, 6.45) is 2.58. The van der Waals surface area contributed by atoms with Gasteiger partial charge in [-0.05, 0) is 50.6 Å². The lowest BCUT2D eigenvalue weighted by Crippen LogP contribution is -2.35. The van der Waals surface area contributed by atoms with Crippen LogP contribution in [0.25, 0.3) is 0 Å². The van der Waals surface area contributed by atoms with Crippen molar-refractivity contribution in [1.29, 1.82) is 0 Å². The van der Waals surface area contributed by atoms with Gasteiger partial charge in [0.1, 0.15) is 0 Å². The van der Waals surface area contributed by atoms with E-state index in [0.717, 1.165) is 6.54 Å². The molecule has 0 saturated carbocycles.